The molecule has 2 aromatic rings. The van der Waals surface area contributed by atoms with Crippen LogP contribution in [-0.2, 0) is 4.74 Å². The van der Waals surface area contributed by atoms with Crippen LogP contribution in [0, 0.1) is 13.8 Å². The number of ether oxygens (including phenoxy) is 1. The molecule has 3 rings (SSSR count). The molecule has 144 valence electrons. The number of thiocarbonyl (C=S) groups is 1. The summed E-state index contributed by atoms with van der Waals surface area (Å²) in [7, 11) is 0. The van der Waals surface area contributed by atoms with Gasteiger partial charge in [-0.3, -0.25) is 4.90 Å². The van der Waals surface area contributed by atoms with E-state index in [1.54, 1.807) is 0 Å². The van der Waals surface area contributed by atoms with Gasteiger partial charge in [-0.25, -0.2) is 0 Å². The quantitative estimate of drug-likeness (QED) is 0.762. The van der Waals surface area contributed by atoms with Crippen LogP contribution in [0.25, 0.3) is 0 Å². The van der Waals surface area contributed by atoms with E-state index in [-0.39, 0.29) is 12.1 Å². The van der Waals surface area contributed by atoms with E-state index < -0.39 is 0 Å². The molecule has 1 fully saturated rings. The van der Waals surface area contributed by atoms with Gasteiger partial charge in [-0.05, 0) is 55.7 Å². The Morgan fingerprint density at radius 1 is 1.04 bits per heavy atom. The SMILES string of the molecule is Cc1cccc(NC(=S)N[C@@H](C)[C@H](c2ccccc2)N2CCOCC2)c1C. The molecule has 1 aliphatic rings. The summed E-state index contributed by atoms with van der Waals surface area (Å²) in [6.45, 7) is 9.85. The molecular formula is C22H29N3OS. The number of anilines is 1. The molecule has 0 spiro atoms. The molecule has 27 heavy (non-hydrogen) atoms. The molecule has 1 aliphatic heterocycles. The molecule has 2 N–H and O–H groups in total. The highest BCUT2D eigenvalue weighted by Crippen LogP contribution is 2.25. The van der Waals surface area contributed by atoms with Gasteiger partial charge >= 0.3 is 0 Å². The van der Waals surface area contributed by atoms with E-state index in [0.717, 1.165) is 32.0 Å². The lowest BCUT2D eigenvalue weighted by Crippen LogP contribution is -2.49. The first-order valence-electron chi connectivity index (χ1n) is 9.56. The predicted molar refractivity (Wildman–Crippen MR) is 116 cm³/mol. The van der Waals surface area contributed by atoms with E-state index >= 15 is 0 Å². The fraction of sp³-hybridized carbons (Fsp3) is 0.409. The van der Waals surface area contributed by atoms with Gasteiger partial charge in [0.25, 0.3) is 0 Å². The molecule has 2 atom stereocenters. The van der Waals surface area contributed by atoms with E-state index in [4.69, 9.17) is 17.0 Å². The van der Waals surface area contributed by atoms with Crippen molar-refractivity contribution in [3.05, 3.63) is 65.2 Å². The summed E-state index contributed by atoms with van der Waals surface area (Å²) < 4.78 is 5.55. The fourth-order valence-corrected chi connectivity index (χ4v) is 3.95. The largest absolute Gasteiger partial charge is 0.379 e. The van der Waals surface area contributed by atoms with Crippen LogP contribution in [0.3, 0.4) is 0 Å². The van der Waals surface area contributed by atoms with Crippen molar-refractivity contribution in [2.75, 3.05) is 31.6 Å². The highest BCUT2D eigenvalue weighted by atomic mass is 32.1. The first-order chi connectivity index (χ1) is 13.1. The average molecular weight is 384 g/mol. The second-order valence-electron chi connectivity index (χ2n) is 7.14. The number of nitrogens with one attached hydrogen (secondary N) is 2. The Balaban J connectivity index is 1.72. The van der Waals surface area contributed by atoms with Gasteiger partial charge < -0.3 is 15.4 Å². The summed E-state index contributed by atoms with van der Waals surface area (Å²) >= 11 is 5.62. The number of aryl methyl sites for hydroxylation is 1. The van der Waals surface area contributed by atoms with E-state index in [9.17, 15) is 0 Å². The highest BCUT2D eigenvalue weighted by Gasteiger charge is 2.28. The summed E-state index contributed by atoms with van der Waals surface area (Å²) in [6, 6.07) is 17.3. The minimum atomic E-state index is 0.163. The standard InChI is InChI=1S/C22H29N3OS/c1-16-8-7-11-20(17(16)2)24-22(27)23-18(3)21(19-9-5-4-6-10-19)25-12-14-26-15-13-25/h4-11,18,21H,12-15H2,1-3H3,(H2,23,24,27)/t18-,21+/m0/s1. The smallest absolute Gasteiger partial charge is 0.171 e. The number of rotatable bonds is 5. The van der Waals surface area contributed by atoms with Crippen LogP contribution < -0.4 is 10.6 Å². The van der Waals surface area contributed by atoms with Gasteiger partial charge in [0.2, 0.25) is 0 Å². The van der Waals surface area contributed by atoms with Crippen LogP contribution in [-0.4, -0.2) is 42.4 Å². The molecule has 0 unspecified atom stereocenters. The van der Waals surface area contributed by atoms with Crippen LogP contribution in [0.15, 0.2) is 48.5 Å². The van der Waals surface area contributed by atoms with Crippen LogP contribution >= 0.6 is 12.2 Å². The molecule has 0 aliphatic carbocycles. The van der Waals surface area contributed by atoms with Crippen LogP contribution in [0.2, 0.25) is 0 Å². The number of hydrogen-bond donors (Lipinski definition) is 2. The Kier molecular flexibility index (Phi) is 6.83. The van der Waals surface area contributed by atoms with Crippen molar-refractivity contribution in [1.82, 2.24) is 10.2 Å². The summed E-state index contributed by atoms with van der Waals surface area (Å²) in [5, 5.41) is 7.53. The van der Waals surface area contributed by atoms with E-state index in [1.807, 2.05) is 0 Å². The second kappa shape index (κ2) is 9.31. The zero-order chi connectivity index (χ0) is 19.2. The lowest BCUT2D eigenvalue weighted by molar-refractivity contribution is 0.0102. The lowest BCUT2D eigenvalue weighted by Gasteiger charge is -2.38. The average Bonchev–Trinajstić information content (AvgIpc) is 2.67. The number of benzene rings is 2. The van der Waals surface area contributed by atoms with Crippen molar-refractivity contribution >= 4 is 23.0 Å². The van der Waals surface area contributed by atoms with Crippen molar-refractivity contribution in [3.8, 4) is 0 Å². The highest BCUT2D eigenvalue weighted by molar-refractivity contribution is 7.80. The summed E-state index contributed by atoms with van der Waals surface area (Å²) in [5.41, 5.74) is 4.84. The maximum atomic E-state index is 5.62. The van der Waals surface area contributed by atoms with Gasteiger partial charge in [0.05, 0.1) is 19.3 Å². The topological polar surface area (TPSA) is 36.5 Å². The molecule has 2 aromatic carbocycles. The molecule has 1 heterocycles. The Morgan fingerprint density at radius 3 is 2.44 bits per heavy atom. The number of hydrogen-bond acceptors (Lipinski definition) is 3. The zero-order valence-electron chi connectivity index (χ0n) is 16.4. The molecule has 0 radical (unpaired) electrons. The fourth-order valence-electron chi connectivity index (χ4n) is 3.65. The van der Waals surface area contributed by atoms with Crippen molar-refractivity contribution in [2.45, 2.75) is 32.9 Å². The van der Waals surface area contributed by atoms with Gasteiger partial charge in [0, 0.05) is 24.8 Å². The van der Waals surface area contributed by atoms with Gasteiger partial charge in [0.1, 0.15) is 0 Å². The molecular weight excluding hydrogens is 354 g/mol. The van der Waals surface area contributed by atoms with Crippen LogP contribution in [0.1, 0.15) is 29.7 Å². The molecule has 5 heteroatoms. The van der Waals surface area contributed by atoms with Crippen LogP contribution in [0.5, 0.6) is 0 Å². The van der Waals surface area contributed by atoms with Crippen molar-refractivity contribution in [3.63, 3.8) is 0 Å². The van der Waals surface area contributed by atoms with Gasteiger partial charge in [-0.2, -0.15) is 0 Å². The summed E-state index contributed by atoms with van der Waals surface area (Å²) in [6.07, 6.45) is 0. The van der Waals surface area contributed by atoms with E-state index in [0.29, 0.717) is 5.11 Å². The minimum absolute atomic E-state index is 0.163. The summed E-state index contributed by atoms with van der Waals surface area (Å²) in [4.78, 5) is 2.48. The normalized spacial score (nSPS) is 17.1. The zero-order valence-corrected chi connectivity index (χ0v) is 17.2. The van der Waals surface area contributed by atoms with Crippen molar-refractivity contribution in [2.24, 2.45) is 0 Å². The van der Waals surface area contributed by atoms with E-state index in [2.05, 4.69) is 84.8 Å². The first-order valence-corrected chi connectivity index (χ1v) is 9.97. The molecule has 0 saturated carbocycles. The van der Waals surface area contributed by atoms with Crippen LogP contribution in [0.4, 0.5) is 5.69 Å². The molecule has 0 aromatic heterocycles. The summed E-state index contributed by atoms with van der Waals surface area (Å²) in [5.74, 6) is 0. The third-order valence-electron chi connectivity index (χ3n) is 5.27. The maximum absolute atomic E-state index is 5.62. The Labute approximate surface area is 167 Å². The van der Waals surface area contributed by atoms with Gasteiger partial charge in [-0.1, -0.05) is 42.5 Å². The predicted octanol–water partition coefficient (Wildman–Crippen LogP) is 4.05. The number of nitrogens with zero attached hydrogens (tertiary/aromatic N) is 1. The molecule has 4 nitrogen and oxygen atoms in total. The Morgan fingerprint density at radius 2 is 1.74 bits per heavy atom. The van der Waals surface area contributed by atoms with Crippen molar-refractivity contribution < 1.29 is 4.74 Å². The number of morpholine rings is 1. The molecule has 1 saturated heterocycles. The van der Waals surface area contributed by atoms with Crippen molar-refractivity contribution in [1.29, 1.82) is 0 Å². The van der Waals surface area contributed by atoms with Gasteiger partial charge in [-0.15, -0.1) is 0 Å². The molecule has 0 amide bonds. The van der Waals surface area contributed by atoms with E-state index in [1.165, 1.54) is 16.7 Å². The minimum Gasteiger partial charge on any atom is -0.379 e. The monoisotopic (exact) mass is 383 g/mol. The maximum Gasteiger partial charge on any atom is 0.171 e. The Bertz CT molecular complexity index is 759. The first kappa shape index (κ1) is 19.8. The molecule has 0 bridgehead atoms. The lowest BCUT2D eigenvalue weighted by atomic mass is 9.98. The second-order valence-corrected chi connectivity index (χ2v) is 7.55. The third-order valence-corrected chi connectivity index (χ3v) is 5.49. The van der Waals surface area contributed by atoms with Gasteiger partial charge in [0.15, 0.2) is 5.11 Å². The Hall–Kier alpha value is -1.95. The third kappa shape index (κ3) is 5.06.